The second-order valence-electron chi connectivity index (χ2n) is 6.59. The van der Waals surface area contributed by atoms with E-state index in [0.717, 1.165) is 56.7 Å². The van der Waals surface area contributed by atoms with E-state index in [1.54, 1.807) is 0 Å². The van der Waals surface area contributed by atoms with E-state index in [9.17, 15) is 0 Å². The summed E-state index contributed by atoms with van der Waals surface area (Å²) in [6, 6.07) is 6.03. The van der Waals surface area contributed by atoms with Gasteiger partial charge in [0.15, 0.2) is 5.96 Å². The lowest BCUT2D eigenvalue weighted by molar-refractivity contribution is 0.0177. The van der Waals surface area contributed by atoms with E-state index in [1.165, 1.54) is 25.7 Å². The van der Waals surface area contributed by atoms with Gasteiger partial charge in [0.25, 0.3) is 0 Å². The van der Waals surface area contributed by atoms with Crippen LogP contribution in [0.4, 0.5) is 0 Å². The van der Waals surface area contributed by atoms with E-state index in [1.807, 2.05) is 18.3 Å². The van der Waals surface area contributed by atoms with Crippen molar-refractivity contribution in [3.8, 4) is 0 Å². The summed E-state index contributed by atoms with van der Waals surface area (Å²) in [4.78, 5) is 9.09. The smallest absolute Gasteiger partial charge is 0.191 e. The van der Waals surface area contributed by atoms with Crippen molar-refractivity contribution in [2.45, 2.75) is 58.5 Å². The molecule has 1 atom stereocenters. The molecule has 2 N–H and O–H groups in total. The van der Waals surface area contributed by atoms with Crippen LogP contribution in [-0.2, 0) is 11.2 Å². The number of hydrogen-bond donors (Lipinski definition) is 2. The van der Waals surface area contributed by atoms with E-state index >= 15 is 0 Å². The Morgan fingerprint density at radius 1 is 1.27 bits per heavy atom. The van der Waals surface area contributed by atoms with Gasteiger partial charge in [0, 0.05) is 44.6 Å². The first kappa shape index (κ1) is 23.1. The molecule has 0 bridgehead atoms. The molecule has 1 saturated carbocycles. The number of guanidine groups is 1. The van der Waals surface area contributed by atoms with Gasteiger partial charge in [-0.05, 0) is 51.2 Å². The van der Waals surface area contributed by atoms with E-state index in [4.69, 9.17) is 9.73 Å². The van der Waals surface area contributed by atoms with Gasteiger partial charge in [-0.2, -0.15) is 0 Å². The topological polar surface area (TPSA) is 58.5 Å². The van der Waals surface area contributed by atoms with Crippen molar-refractivity contribution in [3.63, 3.8) is 0 Å². The summed E-state index contributed by atoms with van der Waals surface area (Å²) in [5.74, 6) is 1.62. The molecule has 0 spiro atoms. The summed E-state index contributed by atoms with van der Waals surface area (Å²) < 4.78 is 5.99. The molecule has 0 aliphatic heterocycles. The van der Waals surface area contributed by atoms with Gasteiger partial charge in [0.05, 0.1) is 6.10 Å². The molecule has 1 unspecified atom stereocenters. The summed E-state index contributed by atoms with van der Waals surface area (Å²) in [5, 5.41) is 6.72. The van der Waals surface area contributed by atoms with Crippen LogP contribution in [-0.4, -0.2) is 43.3 Å². The minimum absolute atomic E-state index is 0. The summed E-state index contributed by atoms with van der Waals surface area (Å²) in [5.41, 5.74) is 1.10. The minimum atomic E-state index is 0. The average molecular weight is 474 g/mol. The van der Waals surface area contributed by atoms with Crippen LogP contribution in [0.15, 0.2) is 29.4 Å². The van der Waals surface area contributed by atoms with Crippen LogP contribution in [0.25, 0.3) is 0 Å². The van der Waals surface area contributed by atoms with Gasteiger partial charge in [0.1, 0.15) is 0 Å². The highest BCUT2D eigenvalue weighted by atomic mass is 127. The van der Waals surface area contributed by atoms with Crippen molar-refractivity contribution < 1.29 is 4.74 Å². The molecule has 6 heteroatoms. The highest BCUT2D eigenvalue weighted by molar-refractivity contribution is 14.0. The normalized spacial score (nSPS) is 16.2. The number of nitrogens with one attached hydrogen (secondary N) is 2. The van der Waals surface area contributed by atoms with Crippen LogP contribution < -0.4 is 10.6 Å². The van der Waals surface area contributed by atoms with Crippen LogP contribution >= 0.6 is 24.0 Å². The zero-order valence-corrected chi connectivity index (χ0v) is 18.6. The number of ether oxygens (including phenoxy) is 1. The van der Waals surface area contributed by atoms with E-state index < -0.39 is 0 Å². The molecule has 2 rings (SSSR count). The monoisotopic (exact) mass is 474 g/mol. The van der Waals surface area contributed by atoms with Gasteiger partial charge in [-0.3, -0.25) is 9.98 Å². The lowest BCUT2D eigenvalue weighted by Crippen LogP contribution is -2.38. The molecule has 1 aliphatic carbocycles. The summed E-state index contributed by atoms with van der Waals surface area (Å²) in [6.45, 7) is 7.49. The van der Waals surface area contributed by atoms with Crippen LogP contribution in [0.3, 0.4) is 0 Å². The first-order valence-electron chi connectivity index (χ1n) is 9.87. The average Bonchev–Trinajstić information content (AvgIpc) is 3.16. The molecule has 0 radical (unpaired) electrons. The maximum atomic E-state index is 5.99. The number of pyridine rings is 1. The fourth-order valence-electron chi connectivity index (χ4n) is 3.50. The molecule has 0 saturated heterocycles. The van der Waals surface area contributed by atoms with Gasteiger partial charge < -0.3 is 15.4 Å². The largest absolute Gasteiger partial charge is 0.378 e. The van der Waals surface area contributed by atoms with Gasteiger partial charge in [-0.1, -0.05) is 18.9 Å². The molecule has 26 heavy (non-hydrogen) atoms. The minimum Gasteiger partial charge on any atom is -0.378 e. The third kappa shape index (κ3) is 8.66. The van der Waals surface area contributed by atoms with Crippen molar-refractivity contribution in [2.24, 2.45) is 10.9 Å². The maximum absolute atomic E-state index is 5.99. The molecule has 5 nitrogen and oxygen atoms in total. The number of aliphatic imine (C=N–C) groups is 1. The second kappa shape index (κ2) is 14.2. The zero-order valence-electron chi connectivity index (χ0n) is 16.2. The summed E-state index contributed by atoms with van der Waals surface area (Å²) in [6.07, 6.45) is 9.46. The fourth-order valence-corrected chi connectivity index (χ4v) is 3.50. The molecule has 1 heterocycles. The predicted molar refractivity (Wildman–Crippen MR) is 119 cm³/mol. The Hall–Kier alpha value is -0.890. The van der Waals surface area contributed by atoms with Crippen LogP contribution in [0.2, 0.25) is 0 Å². The molecule has 1 aromatic rings. The first-order valence-corrected chi connectivity index (χ1v) is 9.87. The number of halogens is 1. The molecule has 1 aliphatic rings. The SMILES string of the molecule is CCNC(=NCCC(OCC)C1CCCC1)NCCc1ccccn1.I. The Bertz CT molecular complexity index is 492. The Kier molecular flexibility index (Phi) is 12.6. The van der Waals surface area contributed by atoms with Gasteiger partial charge in [-0.15, -0.1) is 24.0 Å². The summed E-state index contributed by atoms with van der Waals surface area (Å²) >= 11 is 0. The Morgan fingerprint density at radius 3 is 2.73 bits per heavy atom. The van der Waals surface area contributed by atoms with Crippen molar-refractivity contribution >= 4 is 29.9 Å². The predicted octanol–water partition coefficient (Wildman–Crippen LogP) is 3.78. The third-order valence-corrected chi connectivity index (χ3v) is 4.73. The number of rotatable bonds is 10. The fraction of sp³-hybridized carbons (Fsp3) is 0.700. The third-order valence-electron chi connectivity index (χ3n) is 4.73. The van der Waals surface area contributed by atoms with Crippen molar-refractivity contribution in [1.29, 1.82) is 0 Å². The lowest BCUT2D eigenvalue weighted by Gasteiger charge is -2.22. The second-order valence-corrected chi connectivity index (χ2v) is 6.59. The first-order chi connectivity index (χ1) is 12.3. The van der Waals surface area contributed by atoms with Crippen LogP contribution in [0, 0.1) is 5.92 Å². The van der Waals surface area contributed by atoms with Crippen LogP contribution in [0.1, 0.15) is 51.6 Å². The highest BCUT2D eigenvalue weighted by Gasteiger charge is 2.24. The Balaban J connectivity index is 0.00000338. The van der Waals surface area contributed by atoms with Crippen LogP contribution in [0.5, 0.6) is 0 Å². The van der Waals surface area contributed by atoms with Crippen molar-refractivity contribution in [2.75, 3.05) is 26.2 Å². The summed E-state index contributed by atoms with van der Waals surface area (Å²) in [7, 11) is 0. The highest BCUT2D eigenvalue weighted by Crippen LogP contribution is 2.30. The van der Waals surface area contributed by atoms with Gasteiger partial charge in [-0.25, -0.2) is 0 Å². The lowest BCUT2D eigenvalue weighted by atomic mass is 9.98. The standard InChI is InChI=1S/C20H34N4O.HI/c1-3-21-20(23-15-12-18-11-7-8-14-22-18)24-16-13-19(25-4-2)17-9-5-6-10-17;/h7-8,11,14,17,19H,3-6,9-10,12-13,15-16H2,1-2H3,(H2,21,23,24);1H. The van der Waals surface area contributed by atoms with Gasteiger partial charge >= 0.3 is 0 Å². The molecular weight excluding hydrogens is 439 g/mol. The molecule has 0 amide bonds. The van der Waals surface area contributed by atoms with E-state index in [2.05, 4.69) is 35.5 Å². The molecule has 1 fully saturated rings. The number of aromatic nitrogens is 1. The maximum Gasteiger partial charge on any atom is 0.191 e. The zero-order chi connectivity index (χ0) is 17.7. The molecule has 148 valence electrons. The number of hydrogen-bond acceptors (Lipinski definition) is 3. The number of nitrogens with zero attached hydrogens (tertiary/aromatic N) is 2. The van der Waals surface area contributed by atoms with E-state index in [-0.39, 0.29) is 24.0 Å². The molecular formula is C20H35IN4O. The molecule has 0 aromatic carbocycles. The Morgan fingerprint density at radius 2 is 2.08 bits per heavy atom. The molecule has 1 aromatic heterocycles. The van der Waals surface area contributed by atoms with Crippen molar-refractivity contribution in [3.05, 3.63) is 30.1 Å². The quantitative estimate of drug-likeness (QED) is 0.308. The van der Waals surface area contributed by atoms with Crippen molar-refractivity contribution in [1.82, 2.24) is 15.6 Å². The van der Waals surface area contributed by atoms with Gasteiger partial charge in [0.2, 0.25) is 0 Å². The Labute approximate surface area is 175 Å². The van der Waals surface area contributed by atoms with E-state index in [0.29, 0.717) is 6.10 Å².